The van der Waals surface area contributed by atoms with Crippen LogP contribution in [0.2, 0.25) is 5.02 Å². The lowest BCUT2D eigenvalue weighted by Crippen LogP contribution is -2.00. The molecule has 0 saturated carbocycles. The van der Waals surface area contributed by atoms with Gasteiger partial charge in [-0.2, -0.15) is 0 Å². The Morgan fingerprint density at radius 2 is 2.05 bits per heavy atom. The predicted octanol–water partition coefficient (Wildman–Crippen LogP) is 4.26. The SMILES string of the molecule is NCc1c(Cl)cccc1Oc1cc([N+](=O)[O-])ccc1Br. The number of hydrogen-bond donors (Lipinski definition) is 1. The molecule has 0 aliphatic rings. The lowest BCUT2D eigenvalue weighted by atomic mass is 10.2. The van der Waals surface area contributed by atoms with Crippen molar-refractivity contribution in [3.8, 4) is 11.5 Å². The molecule has 0 unspecified atom stereocenters. The summed E-state index contributed by atoms with van der Waals surface area (Å²) in [5.74, 6) is 0.803. The minimum Gasteiger partial charge on any atom is -0.456 e. The smallest absolute Gasteiger partial charge is 0.273 e. The van der Waals surface area contributed by atoms with Gasteiger partial charge in [0.2, 0.25) is 0 Å². The molecular weight excluding hydrogens is 348 g/mol. The largest absolute Gasteiger partial charge is 0.456 e. The minimum atomic E-state index is -0.485. The summed E-state index contributed by atoms with van der Waals surface area (Å²) in [6, 6.07) is 9.42. The summed E-state index contributed by atoms with van der Waals surface area (Å²) >= 11 is 9.33. The monoisotopic (exact) mass is 356 g/mol. The number of halogens is 2. The second-order valence-corrected chi connectivity index (χ2v) is 5.16. The van der Waals surface area contributed by atoms with Crippen LogP contribution in [0, 0.1) is 10.1 Å². The number of nitrogens with zero attached hydrogens (tertiary/aromatic N) is 1. The highest BCUT2D eigenvalue weighted by Crippen LogP contribution is 2.35. The summed E-state index contributed by atoms with van der Waals surface area (Å²) in [6.45, 7) is 0.210. The highest BCUT2D eigenvalue weighted by atomic mass is 79.9. The van der Waals surface area contributed by atoms with E-state index in [1.807, 2.05) is 0 Å². The molecule has 0 aliphatic heterocycles. The van der Waals surface area contributed by atoms with Crippen molar-refractivity contribution in [3.05, 3.63) is 61.6 Å². The van der Waals surface area contributed by atoms with Gasteiger partial charge in [0, 0.05) is 23.2 Å². The third-order valence-electron chi connectivity index (χ3n) is 2.63. The van der Waals surface area contributed by atoms with Crippen molar-refractivity contribution >= 4 is 33.2 Å². The van der Waals surface area contributed by atoms with Crippen molar-refractivity contribution in [1.29, 1.82) is 0 Å². The molecule has 2 aromatic rings. The summed E-state index contributed by atoms with van der Waals surface area (Å²) in [5, 5.41) is 11.3. The Kier molecular flexibility index (Phi) is 4.59. The predicted molar refractivity (Wildman–Crippen MR) is 80.2 cm³/mol. The molecule has 0 aliphatic carbocycles. The van der Waals surface area contributed by atoms with E-state index in [0.29, 0.717) is 26.6 Å². The first-order chi connectivity index (χ1) is 9.52. The molecular formula is C13H10BrClN2O3. The van der Waals surface area contributed by atoms with E-state index in [2.05, 4.69) is 15.9 Å². The third kappa shape index (κ3) is 3.09. The lowest BCUT2D eigenvalue weighted by molar-refractivity contribution is -0.384. The van der Waals surface area contributed by atoms with Crippen molar-refractivity contribution in [1.82, 2.24) is 0 Å². The van der Waals surface area contributed by atoms with Crippen molar-refractivity contribution in [2.24, 2.45) is 5.73 Å². The maximum Gasteiger partial charge on any atom is 0.273 e. The van der Waals surface area contributed by atoms with E-state index in [0.717, 1.165) is 0 Å². The van der Waals surface area contributed by atoms with Gasteiger partial charge in [-0.15, -0.1) is 0 Å². The van der Waals surface area contributed by atoms with Crippen LogP contribution in [0.4, 0.5) is 5.69 Å². The zero-order valence-corrected chi connectivity index (χ0v) is 12.5. The third-order valence-corrected chi connectivity index (χ3v) is 3.63. The van der Waals surface area contributed by atoms with Crippen LogP contribution in [-0.4, -0.2) is 4.92 Å². The number of nitro groups is 1. The highest BCUT2D eigenvalue weighted by molar-refractivity contribution is 9.10. The highest BCUT2D eigenvalue weighted by Gasteiger charge is 2.13. The van der Waals surface area contributed by atoms with Gasteiger partial charge in [0.05, 0.1) is 15.5 Å². The van der Waals surface area contributed by atoms with E-state index in [9.17, 15) is 10.1 Å². The van der Waals surface area contributed by atoms with Crippen LogP contribution < -0.4 is 10.5 Å². The molecule has 0 radical (unpaired) electrons. The van der Waals surface area contributed by atoms with Crippen LogP contribution in [0.3, 0.4) is 0 Å². The number of ether oxygens (including phenoxy) is 1. The summed E-state index contributed by atoms with van der Waals surface area (Å²) in [5.41, 5.74) is 6.23. The van der Waals surface area contributed by atoms with Crippen molar-refractivity contribution in [3.63, 3.8) is 0 Å². The van der Waals surface area contributed by atoms with Gasteiger partial charge in [-0.3, -0.25) is 10.1 Å². The number of rotatable bonds is 4. The van der Waals surface area contributed by atoms with Crippen molar-refractivity contribution in [2.45, 2.75) is 6.54 Å². The van der Waals surface area contributed by atoms with Gasteiger partial charge < -0.3 is 10.5 Å². The second-order valence-electron chi connectivity index (χ2n) is 3.89. The van der Waals surface area contributed by atoms with Crippen LogP contribution in [0.15, 0.2) is 40.9 Å². The Balaban J connectivity index is 2.42. The zero-order valence-electron chi connectivity index (χ0n) is 10.2. The zero-order chi connectivity index (χ0) is 14.7. The van der Waals surface area contributed by atoms with Crippen LogP contribution in [0.5, 0.6) is 11.5 Å². The Bertz CT molecular complexity index is 664. The number of benzene rings is 2. The Labute approximate surface area is 128 Å². The molecule has 0 atom stereocenters. The number of hydrogen-bond acceptors (Lipinski definition) is 4. The Morgan fingerprint density at radius 3 is 2.70 bits per heavy atom. The second kappa shape index (κ2) is 6.21. The van der Waals surface area contributed by atoms with Gasteiger partial charge in [-0.25, -0.2) is 0 Å². The maximum atomic E-state index is 10.8. The van der Waals surface area contributed by atoms with Crippen molar-refractivity contribution in [2.75, 3.05) is 0 Å². The maximum absolute atomic E-state index is 10.8. The van der Waals surface area contributed by atoms with E-state index in [4.69, 9.17) is 22.1 Å². The molecule has 5 nitrogen and oxygen atoms in total. The van der Waals surface area contributed by atoms with Gasteiger partial charge in [-0.05, 0) is 34.1 Å². The molecule has 0 spiro atoms. The van der Waals surface area contributed by atoms with Gasteiger partial charge in [-0.1, -0.05) is 17.7 Å². The average molecular weight is 358 g/mol. The van der Waals surface area contributed by atoms with Gasteiger partial charge >= 0.3 is 0 Å². The first-order valence-corrected chi connectivity index (χ1v) is 6.79. The fourth-order valence-corrected chi connectivity index (χ4v) is 2.21. The van der Waals surface area contributed by atoms with E-state index in [-0.39, 0.29) is 12.2 Å². The first kappa shape index (κ1) is 14.8. The van der Waals surface area contributed by atoms with Crippen LogP contribution in [0.25, 0.3) is 0 Å². The van der Waals surface area contributed by atoms with E-state index >= 15 is 0 Å². The fourth-order valence-electron chi connectivity index (χ4n) is 1.63. The number of nitrogens with two attached hydrogens (primary N) is 1. The van der Waals surface area contributed by atoms with E-state index in [1.165, 1.54) is 12.1 Å². The molecule has 2 aromatic carbocycles. The molecule has 0 aromatic heterocycles. The Morgan fingerprint density at radius 1 is 1.30 bits per heavy atom. The minimum absolute atomic E-state index is 0.0560. The van der Waals surface area contributed by atoms with Crippen LogP contribution in [-0.2, 0) is 6.54 Å². The quantitative estimate of drug-likeness (QED) is 0.655. The molecule has 2 rings (SSSR count). The van der Waals surface area contributed by atoms with Crippen LogP contribution in [0.1, 0.15) is 5.56 Å². The molecule has 2 N–H and O–H groups in total. The van der Waals surface area contributed by atoms with Gasteiger partial charge in [0.25, 0.3) is 5.69 Å². The summed E-state index contributed by atoms with van der Waals surface area (Å²) in [6.07, 6.45) is 0. The first-order valence-electron chi connectivity index (χ1n) is 5.62. The molecule has 20 heavy (non-hydrogen) atoms. The molecule has 0 saturated heterocycles. The fraction of sp³-hybridized carbons (Fsp3) is 0.0769. The molecule has 104 valence electrons. The normalized spacial score (nSPS) is 10.3. The molecule has 0 bridgehead atoms. The molecule has 0 fully saturated rings. The number of non-ortho nitro benzene ring substituents is 1. The van der Waals surface area contributed by atoms with E-state index in [1.54, 1.807) is 24.3 Å². The van der Waals surface area contributed by atoms with Crippen LogP contribution >= 0.6 is 27.5 Å². The molecule has 0 amide bonds. The standard InChI is InChI=1S/C13H10BrClN2O3/c14-10-5-4-8(17(18)19)6-13(10)20-12-3-1-2-11(15)9(12)7-16/h1-6H,7,16H2. The summed E-state index contributed by atoms with van der Waals surface area (Å²) in [7, 11) is 0. The van der Waals surface area contributed by atoms with Crippen molar-refractivity contribution < 1.29 is 9.66 Å². The molecule has 7 heteroatoms. The Hall–Kier alpha value is -1.63. The lowest BCUT2D eigenvalue weighted by Gasteiger charge is -2.12. The summed E-state index contributed by atoms with van der Waals surface area (Å²) in [4.78, 5) is 10.3. The topological polar surface area (TPSA) is 78.4 Å². The average Bonchev–Trinajstić information content (AvgIpc) is 2.41. The summed E-state index contributed by atoms with van der Waals surface area (Å²) < 4.78 is 6.29. The molecule has 0 heterocycles. The van der Waals surface area contributed by atoms with Gasteiger partial charge in [0.15, 0.2) is 0 Å². The van der Waals surface area contributed by atoms with Gasteiger partial charge in [0.1, 0.15) is 11.5 Å². The number of nitro benzene ring substituents is 1. The van der Waals surface area contributed by atoms with E-state index < -0.39 is 4.92 Å².